The minimum absolute atomic E-state index is 0.00787. The second-order valence-electron chi connectivity index (χ2n) is 8.11. The van der Waals surface area contributed by atoms with Crippen LogP contribution in [0.3, 0.4) is 0 Å². The highest BCUT2D eigenvalue weighted by molar-refractivity contribution is 7.34. The van der Waals surface area contributed by atoms with Crippen LogP contribution in [0.2, 0.25) is 0 Å². The van der Waals surface area contributed by atoms with Gasteiger partial charge in [0.1, 0.15) is 18.8 Å². The summed E-state index contributed by atoms with van der Waals surface area (Å²) in [5.41, 5.74) is 2.53. The second kappa shape index (κ2) is 9.78. The number of aliphatic hydroxyl groups excluding tert-OH is 1. The summed E-state index contributed by atoms with van der Waals surface area (Å²) in [4.78, 5) is 45.3. The molecule has 36 heavy (non-hydrogen) atoms. The number of imidazole rings is 1. The number of nitrogens with two attached hydrogens (primary N) is 1. The number of hydrogen-bond donors (Lipinski definition) is 4. The molecule has 0 amide bonds. The first-order chi connectivity index (χ1) is 17.0. The van der Waals surface area contributed by atoms with Gasteiger partial charge in [-0.2, -0.15) is 4.98 Å². The van der Waals surface area contributed by atoms with Gasteiger partial charge in [-0.25, -0.2) is 14.2 Å². The lowest BCUT2D eigenvalue weighted by atomic mass is 9.98. The zero-order valence-corrected chi connectivity index (χ0v) is 19.8. The van der Waals surface area contributed by atoms with Crippen LogP contribution < -0.4 is 25.4 Å². The van der Waals surface area contributed by atoms with Gasteiger partial charge < -0.3 is 30.3 Å². The number of ether oxygens (including phenoxy) is 2. The third-order valence-electron chi connectivity index (χ3n) is 5.47. The molecule has 0 bridgehead atoms. The van der Waals surface area contributed by atoms with Crippen LogP contribution in [0.25, 0.3) is 11.2 Å². The molecule has 16 heteroatoms. The van der Waals surface area contributed by atoms with Crippen LogP contribution in [0, 0.1) is 0 Å². The number of rotatable bonds is 8. The van der Waals surface area contributed by atoms with Crippen LogP contribution in [0.1, 0.15) is 20.1 Å². The van der Waals surface area contributed by atoms with E-state index in [4.69, 9.17) is 24.8 Å². The van der Waals surface area contributed by atoms with Gasteiger partial charge in [0.25, 0.3) is 5.56 Å². The molecule has 192 valence electrons. The van der Waals surface area contributed by atoms with Crippen molar-refractivity contribution >= 4 is 31.2 Å². The van der Waals surface area contributed by atoms with Crippen LogP contribution in [-0.2, 0) is 9.53 Å². The number of hydrogen-bond acceptors (Lipinski definition) is 11. The molecule has 1 aliphatic rings. The summed E-state index contributed by atoms with van der Waals surface area (Å²) >= 11 is 0. The number of nitrogens with one attached hydrogen (secondary N) is 1. The highest BCUT2D eigenvalue weighted by atomic mass is 31.1. The minimum atomic E-state index is -2.73. The lowest BCUT2D eigenvalue weighted by Gasteiger charge is -2.24. The number of halogens is 1. The van der Waals surface area contributed by atoms with Gasteiger partial charge in [-0.05, 0) is 26.0 Å². The van der Waals surface area contributed by atoms with Gasteiger partial charge >= 0.3 is 14.1 Å². The molecule has 0 spiro atoms. The second-order valence-corrected chi connectivity index (χ2v) is 9.00. The standard InChI is InChI=1S/C20H22FN6O8P/c1-9(17(30)31)26-36(32)35-11-6-4-3-5-10(11)33-7-12-14(28)20(2,21)18(34-12)27-8-23-13-15(27)24-19(22)25-16(13)29/h3-6,8-9,12,14,18,28H,7H2,1-2H3,(H,30,31)(H3,22,24,25,29)/t9-,12+,14+,18+,20+/m0/s1. The number of aliphatic carboxylic acids is 1. The Morgan fingerprint density at radius 2 is 2.17 bits per heavy atom. The molecule has 1 aromatic carbocycles. The SMILES string of the molecule is C[C@H](N=[P+]([O-])Oc1ccccc1OC[C@H]1O[C@@H](n2cnc3c(=O)[nH]c(N)nc32)[C@](C)(F)[C@@H]1O)C(=O)O. The molecule has 3 aromatic rings. The minimum Gasteiger partial charge on any atom is -0.575 e. The highest BCUT2D eigenvalue weighted by Crippen LogP contribution is 2.43. The molecule has 5 N–H and O–H groups in total. The van der Waals surface area contributed by atoms with E-state index in [1.807, 2.05) is 0 Å². The summed E-state index contributed by atoms with van der Waals surface area (Å²) in [6, 6.07) is 4.79. The van der Waals surface area contributed by atoms with Crippen molar-refractivity contribution in [3.63, 3.8) is 0 Å². The number of para-hydroxylation sites is 2. The molecule has 1 saturated heterocycles. The predicted octanol–water partition coefficient (Wildman–Crippen LogP) is 0.475. The molecule has 0 aliphatic carbocycles. The van der Waals surface area contributed by atoms with Crippen LogP contribution in [0.15, 0.2) is 40.1 Å². The van der Waals surface area contributed by atoms with Crippen molar-refractivity contribution < 1.29 is 38.3 Å². The number of carboxylic acid groups (broad SMARTS) is 1. The monoisotopic (exact) mass is 524 g/mol. The third-order valence-corrected chi connectivity index (χ3v) is 6.36. The number of aliphatic hydroxyl groups is 1. The number of carboxylic acids is 1. The van der Waals surface area contributed by atoms with Crippen LogP contribution in [0.4, 0.5) is 10.3 Å². The number of H-pyrrole nitrogens is 1. The van der Waals surface area contributed by atoms with Gasteiger partial charge in [0.2, 0.25) is 11.7 Å². The van der Waals surface area contributed by atoms with E-state index in [-0.39, 0.29) is 35.2 Å². The Bertz CT molecular complexity index is 1380. The Hall–Kier alpha value is -3.65. The maximum Gasteiger partial charge on any atom is 0.395 e. The van der Waals surface area contributed by atoms with E-state index < -0.39 is 49.8 Å². The highest BCUT2D eigenvalue weighted by Gasteiger charge is 2.55. The molecule has 2 aromatic heterocycles. The maximum atomic E-state index is 15.6. The average molecular weight is 524 g/mol. The summed E-state index contributed by atoms with van der Waals surface area (Å²) < 4.78 is 36.9. The number of alkyl halides is 1. The third kappa shape index (κ3) is 4.86. The van der Waals surface area contributed by atoms with Gasteiger partial charge in [0.15, 0.2) is 34.9 Å². The average Bonchev–Trinajstić information content (AvgIpc) is 3.31. The number of carbonyl (C=O) groups is 1. The first kappa shape index (κ1) is 25.4. The van der Waals surface area contributed by atoms with Gasteiger partial charge in [-0.1, -0.05) is 16.9 Å². The topological polar surface area (TPSA) is 210 Å². The van der Waals surface area contributed by atoms with Crippen molar-refractivity contribution in [1.82, 2.24) is 19.5 Å². The molecule has 0 saturated carbocycles. The number of anilines is 1. The fourth-order valence-corrected chi connectivity index (χ4v) is 4.33. The molecule has 6 atom stereocenters. The number of aromatic nitrogens is 4. The molecule has 3 heterocycles. The smallest absolute Gasteiger partial charge is 0.395 e. The molecule has 0 radical (unpaired) electrons. The van der Waals surface area contributed by atoms with Crippen LogP contribution in [-0.4, -0.2) is 66.2 Å². The number of nitrogen functional groups attached to an aromatic ring is 1. The van der Waals surface area contributed by atoms with Crippen molar-refractivity contribution in [1.29, 1.82) is 0 Å². The maximum absolute atomic E-state index is 15.6. The molecule has 1 fully saturated rings. The Balaban J connectivity index is 1.52. The zero-order valence-electron chi connectivity index (χ0n) is 18.9. The van der Waals surface area contributed by atoms with E-state index >= 15 is 4.39 Å². The van der Waals surface area contributed by atoms with Crippen molar-refractivity contribution in [3.8, 4) is 11.5 Å². The van der Waals surface area contributed by atoms with E-state index in [2.05, 4.69) is 19.7 Å². The quantitative estimate of drug-likeness (QED) is 0.298. The summed E-state index contributed by atoms with van der Waals surface area (Å²) in [6.07, 6.45) is -3.10. The summed E-state index contributed by atoms with van der Waals surface area (Å²) in [5.74, 6) is -1.40. The molecule has 14 nitrogen and oxygen atoms in total. The van der Waals surface area contributed by atoms with E-state index in [1.165, 1.54) is 19.1 Å². The van der Waals surface area contributed by atoms with Crippen molar-refractivity contribution in [2.75, 3.05) is 12.3 Å². The fraction of sp³-hybridized carbons (Fsp3) is 0.400. The van der Waals surface area contributed by atoms with E-state index in [1.54, 1.807) is 12.1 Å². The normalized spacial score (nSPS) is 25.1. The molecule has 1 aliphatic heterocycles. The Kier molecular flexibility index (Phi) is 6.91. The van der Waals surface area contributed by atoms with E-state index in [0.717, 1.165) is 17.8 Å². The molecular weight excluding hydrogens is 502 g/mol. The summed E-state index contributed by atoms with van der Waals surface area (Å²) in [7, 11) is -2.73. The van der Waals surface area contributed by atoms with E-state index in [0.29, 0.717) is 0 Å². The van der Waals surface area contributed by atoms with Crippen molar-refractivity contribution in [2.24, 2.45) is 4.74 Å². The largest absolute Gasteiger partial charge is 0.575 e. The first-order valence-corrected chi connectivity index (χ1v) is 11.7. The number of benzene rings is 1. The number of nitrogens with zero attached hydrogens (tertiary/aromatic N) is 4. The fourth-order valence-electron chi connectivity index (χ4n) is 3.58. The number of aromatic amines is 1. The molecular formula is C20H22FN6O8P. The van der Waals surface area contributed by atoms with Crippen LogP contribution in [0.5, 0.6) is 11.5 Å². The Morgan fingerprint density at radius 3 is 2.86 bits per heavy atom. The summed E-state index contributed by atoms with van der Waals surface area (Å²) in [5, 5.41) is 19.5. The molecule has 1 unspecified atom stereocenters. The number of fused-ring (bicyclic) bond motifs is 1. The van der Waals surface area contributed by atoms with Gasteiger partial charge in [-0.3, -0.25) is 18.9 Å². The van der Waals surface area contributed by atoms with Crippen LogP contribution >= 0.6 is 8.17 Å². The van der Waals surface area contributed by atoms with E-state index in [9.17, 15) is 19.6 Å². The van der Waals surface area contributed by atoms with Gasteiger partial charge in [-0.15, -0.1) is 0 Å². The predicted molar refractivity (Wildman–Crippen MR) is 121 cm³/mol. The van der Waals surface area contributed by atoms with Crippen molar-refractivity contribution in [2.45, 2.75) is 44.0 Å². The Morgan fingerprint density at radius 1 is 1.47 bits per heavy atom. The van der Waals surface area contributed by atoms with Gasteiger partial charge in [0, 0.05) is 0 Å². The lowest BCUT2D eigenvalue weighted by Crippen LogP contribution is -2.41. The molecule has 4 rings (SSSR count). The summed E-state index contributed by atoms with van der Waals surface area (Å²) in [6.45, 7) is 2.02. The lowest BCUT2D eigenvalue weighted by molar-refractivity contribution is -0.169. The zero-order chi connectivity index (χ0) is 26.2. The first-order valence-electron chi connectivity index (χ1n) is 10.5. The van der Waals surface area contributed by atoms with Crippen molar-refractivity contribution in [3.05, 3.63) is 40.9 Å². The van der Waals surface area contributed by atoms with Gasteiger partial charge in [0.05, 0.1) is 6.33 Å². The Labute approximate surface area is 203 Å².